The maximum atomic E-state index is 5.95. The fraction of sp³-hybridized carbons (Fsp3) is 0.400. The van der Waals surface area contributed by atoms with Gasteiger partial charge in [-0.05, 0) is 24.6 Å². The molecule has 4 N–H and O–H groups in total. The second-order valence-corrected chi connectivity index (χ2v) is 6.62. The summed E-state index contributed by atoms with van der Waals surface area (Å²) in [6, 6.07) is 3.99. The van der Waals surface area contributed by atoms with E-state index in [-0.39, 0.29) is 0 Å². The van der Waals surface area contributed by atoms with Gasteiger partial charge >= 0.3 is 0 Å². The predicted octanol–water partition coefficient (Wildman–Crippen LogP) is 1.90. The van der Waals surface area contributed by atoms with Crippen LogP contribution < -0.4 is 16.4 Å². The Balaban J connectivity index is 1.68. The van der Waals surface area contributed by atoms with Crippen molar-refractivity contribution >= 4 is 23.4 Å². The molecule has 7 heteroatoms. The topological polar surface area (TPSA) is 75.4 Å². The number of nitrogens with zero attached hydrogens (tertiary/aromatic N) is 2. The molecule has 0 radical (unpaired) electrons. The Hall–Kier alpha value is -1.70. The quantitative estimate of drug-likeness (QED) is 0.782. The maximum Gasteiger partial charge on any atom is 0.133 e. The second kappa shape index (κ2) is 7.04. The molecule has 0 amide bonds. The maximum absolute atomic E-state index is 5.95. The number of hydrogen-bond acceptors (Lipinski definition) is 7. The third-order valence-corrected chi connectivity index (χ3v) is 4.32. The first-order valence-electron chi connectivity index (χ1n) is 7.33. The van der Waals surface area contributed by atoms with Crippen LogP contribution in [0.15, 0.2) is 34.5 Å². The van der Waals surface area contributed by atoms with E-state index >= 15 is 0 Å². The Morgan fingerprint density at radius 1 is 1.36 bits per heavy atom. The lowest BCUT2D eigenvalue weighted by Crippen LogP contribution is -2.35. The molecule has 1 saturated heterocycles. The Morgan fingerprint density at radius 3 is 2.95 bits per heavy atom. The van der Waals surface area contributed by atoms with Crippen LogP contribution in [-0.4, -0.2) is 36.2 Å². The second-order valence-electron chi connectivity index (χ2n) is 5.33. The number of pyridine rings is 1. The van der Waals surface area contributed by atoms with Gasteiger partial charge in [0.1, 0.15) is 11.6 Å². The molecule has 0 unspecified atom stereocenters. The Kier molecular flexibility index (Phi) is 4.87. The zero-order valence-electron chi connectivity index (χ0n) is 12.6. The van der Waals surface area contributed by atoms with Gasteiger partial charge in [-0.2, -0.15) is 0 Å². The molecular formula is C15H21N5OS. The molecule has 2 aliphatic rings. The van der Waals surface area contributed by atoms with E-state index in [9.17, 15) is 0 Å². The van der Waals surface area contributed by atoms with Gasteiger partial charge in [-0.3, -0.25) is 4.90 Å². The van der Waals surface area contributed by atoms with E-state index in [2.05, 4.69) is 33.5 Å². The summed E-state index contributed by atoms with van der Waals surface area (Å²) in [5, 5.41) is 7.44. The molecule has 1 aromatic rings. The first-order chi connectivity index (χ1) is 10.7. The summed E-state index contributed by atoms with van der Waals surface area (Å²) in [7, 11) is 0. The van der Waals surface area contributed by atoms with Crippen LogP contribution in [0.1, 0.15) is 12.5 Å². The summed E-state index contributed by atoms with van der Waals surface area (Å²) in [4.78, 5) is 7.93. The minimum Gasteiger partial charge on any atom is -0.384 e. The van der Waals surface area contributed by atoms with Crippen LogP contribution in [0.5, 0.6) is 0 Å². The molecule has 1 fully saturated rings. The predicted molar refractivity (Wildman–Crippen MR) is 90.9 cm³/mol. The summed E-state index contributed by atoms with van der Waals surface area (Å²) in [6.45, 7) is 6.44. The van der Waals surface area contributed by atoms with Crippen molar-refractivity contribution in [3.63, 3.8) is 0 Å². The van der Waals surface area contributed by atoms with Gasteiger partial charge in [-0.1, -0.05) is 11.8 Å². The van der Waals surface area contributed by atoms with Crippen molar-refractivity contribution in [2.75, 3.05) is 37.4 Å². The van der Waals surface area contributed by atoms with Crippen LogP contribution in [0.3, 0.4) is 0 Å². The highest BCUT2D eigenvalue weighted by molar-refractivity contribution is 8.06. The van der Waals surface area contributed by atoms with Crippen LogP contribution in [0, 0.1) is 0 Å². The summed E-state index contributed by atoms with van der Waals surface area (Å²) in [5.74, 6) is 1.31. The summed E-state index contributed by atoms with van der Waals surface area (Å²) in [5.41, 5.74) is 7.11. The SMILES string of the molecule is CC1=CNC=C(Nc2cc(CN3CCOCC3)cc(N)n2)S1. The number of ether oxygens (including phenoxy) is 1. The number of morpholine rings is 1. The molecule has 0 aliphatic carbocycles. The largest absolute Gasteiger partial charge is 0.384 e. The fourth-order valence-electron chi connectivity index (χ4n) is 2.44. The smallest absolute Gasteiger partial charge is 0.133 e. The normalized spacial score (nSPS) is 19.1. The van der Waals surface area contributed by atoms with E-state index in [1.165, 1.54) is 10.5 Å². The number of thioether (sulfide) groups is 1. The molecule has 0 atom stereocenters. The monoisotopic (exact) mass is 319 g/mol. The van der Waals surface area contributed by atoms with Crippen LogP contribution in [0.25, 0.3) is 0 Å². The highest BCUT2D eigenvalue weighted by Gasteiger charge is 2.12. The number of nitrogens with one attached hydrogen (secondary N) is 2. The first kappa shape index (κ1) is 15.2. The van der Waals surface area contributed by atoms with Gasteiger partial charge in [0.2, 0.25) is 0 Å². The van der Waals surface area contributed by atoms with Gasteiger partial charge in [0.25, 0.3) is 0 Å². The molecule has 3 heterocycles. The number of rotatable bonds is 4. The number of allylic oxidation sites excluding steroid dienone is 1. The fourth-order valence-corrected chi connectivity index (χ4v) is 3.19. The number of hydrogen-bond donors (Lipinski definition) is 3. The first-order valence-corrected chi connectivity index (χ1v) is 8.15. The zero-order valence-corrected chi connectivity index (χ0v) is 13.4. The van der Waals surface area contributed by atoms with Crippen molar-refractivity contribution in [1.82, 2.24) is 15.2 Å². The number of aromatic nitrogens is 1. The summed E-state index contributed by atoms with van der Waals surface area (Å²) in [6.07, 6.45) is 3.89. The number of nitrogen functional groups attached to an aromatic ring is 1. The highest BCUT2D eigenvalue weighted by atomic mass is 32.2. The summed E-state index contributed by atoms with van der Waals surface area (Å²) >= 11 is 1.67. The Bertz CT molecular complexity index is 596. The van der Waals surface area contributed by atoms with Crippen LogP contribution in [-0.2, 0) is 11.3 Å². The molecule has 0 bridgehead atoms. The molecular weight excluding hydrogens is 298 g/mol. The lowest BCUT2D eigenvalue weighted by atomic mass is 10.2. The average Bonchev–Trinajstić information content (AvgIpc) is 2.47. The van der Waals surface area contributed by atoms with Crippen LogP contribution in [0.2, 0.25) is 0 Å². The van der Waals surface area contributed by atoms with Gasteiger partial charge in [-0.15, -0.1) is 0 Å². The van der Waals surface area contributed by atoms with E-state index in [0.29, 0.717) is 5.82 Å². The van der Waals surface area contributed by atoms with Crippen molar-refractivity contribution in [3.8, 4) is 0 Å². The van der Waals surface area contributed by atoms with E-state index in [4.69, 9.17) is 10.5 Å². The van der Waals surface area contributed by atoms with Crippen molar-refractivity contribution in [2.45, 2.75) is 13.5 Å². The average molecular weight is 319 g/mol. The van der Waals surface area contributed by atoms with Gasteiger partial charge in [-0.25, -0.2) is 4.98 Å². The lowest BCUT2D eigenvalue weighted by molar-refractivity contribution is 0.0342. The zero-order chi connectivity index (χ0) is 15.4. The third-order valence-electron chi connectivity index (χ3n) is 3.44. The van der Waals surface area contributed by atoms with Crippen molar-refractivity contribution in [1.29, 1.82) is 0 Å². The van der Waals surface area contributed by atoms with Gasteiger partial charge in [0.05, 0.1) is 18.2 Å². The van der Waals surface area contributed by atoms with Gasteiger partial charge < -0.3 is 21.1 Å². The van der Waals surface area contributed by atoms with Gasteiger partial charge in [0, 0.05) is 36.9 Å². The molecule has 22 heavy (non-hydrogen) atoms. The van der Waals surface area contributed by atoms with E-state index in [1.54, 1.807) is 11.8 Å². The Morgan fingerprint density at radius 2 is 2.18 bits per heavy atom. The summed E-state index contributed by atoms with van der Waals surface area (Å²) < 4.78 is 5.38. The van der Waals surface area contributed by atoms with E-state index in [1.807, 2.05) is 18.5 Å². The van der Waals surface area contributed by atoms with Crippen molar-refractivity contribution in [2.24, 2.45) is 0 Å². The minimum atomic E-state index is 0.537. The Labute approximate surface area is 134 Å². The van der Waals surface area contributed by atoms with Crippen LogP contribution in [0.4, 0.5) is 11.6 Å². The standard InChI is InChI=1S/C15H21N5OS/c1-11-8-17-9-15(22-11)19-14-7-12(6-13(16)18-14)10-20-2-4-21-5-3-20/h6-9,17H,2-5,10H2,1H3,(H3,16,18,19). The van der Waals surface area contributed by atoms with Crippen molar-refractivity contribution in [3.05, 3.63) is 40.0 Å². The molecule has 118 valence electrons. The van der Waals surface area contributed by atoms with Gasteiger partial charge in [0.15, 0.2) is 0 Å². The molecule has 2 aliphatic heterocycles. The molecule has 0 spiro atoms. The van der Waals surface area contributed by atoms with Crippen LogP contribution >= 0.6 is 11.8 Å². The minimum absolute atomic E-state index is 0.537. The lowest BCUT2D eigenvalue weighted by Gasteiger charge is -2.26. The van der Waals surface area contributed by atoms with E-state index in [0.717, 1.165) is 43.7 Å². The number of nitrogens with two attached hydrogens (primary N) is 1. The number of anilines is 2. The van der Waals surface area contributed by atoms with Crippen molar-refractivity contribution < 1.29 is 4.74 Å². The van der Waals surface area contributed by atoms with E-state index < -0.39 is 0 Å². The highest BCUT2D eigenvalue weighted by Crippen LogP contribution is 2.28. The molecule has 3 rings (SSSR count). The molecule has 1 aromatic heterocycles. The molecule has 6 nitrogen and oxygen atoms in total. The molecule has 0 saturated carbocycles. The third kappa shape index (κ3) is 4.16. The molecule has 0 aromatic carbocycles.